The van der Waals surface area contributed by atoms with Crippen LogP contribution in [0.25, 0.3) is 22.4 Å². The van der Waals surface area contributed by atoms with Crippen molar-refractivity contribution >= 4 is 34.4 Å². The van der Waals surface area contributed by atoms with Gasteiger partial charge >= 0.3 is 0 Å². The number of H-pyrrole nitrogens is 1. The topological polar surface area (TPSA) is 75.2 Å². The maximum absolute atomic E-state index is 12.6. The van der Waals surface area contributed by atoms with Crippen molar-refractivity contribution in [2.45, 2.75) is 6.42 Å². The van der Waals surface area contributed by atoms with E-state index in [1.165, 1.54) is 11.1 Å². The molecule has 0 spiro atoms. The van der Waals surface area contributed by atoms with Gasteiger partial charge in [0.25, 0.3) is 5.91 Å². The van der Waals surface area contributed by atoms with Gasteiger partial charge in [0.15, 0.2) is 5.65 Å². The number of ether oxygens (including phenoxy) is 1. The number of carbonyl (C=O) groups excluding carboxylic acids is 1. The number of morpholine rings is 1. The normalized spacial score (nSPS) is 17.4. The Morgan fingerprint density at radius 1 is 1.27 bits per heavy atom. The molecule has 0 aliphatic carbocycles. The number of allylic oxidation sites excluding steroid dienone is 1. The fourth-order valence-corrected chi connectivity index (χ4v) is 4.83. The molecule has 0 unspecified atom stereocenters. The molecule has 2 aliphatic rings. The van der Waals surface area contributed by atoms with E-state index in [0.717, 1.165) is 61.9 Å². The van der Waals surface area contributed by atoms with Crippen LogP contribution in [0.2, 0.25) is 0 Å². The number of carbonyl (C=O) groups is 1. The molecule has 30 heavy (non-hydrogen) atoms. The minimum atomic E-state index is -0.102. The third-order valence-corrected chi connectivity index (χ3v) is 6.50. The first kappa shape index (κ1) is 19.4. The second kappa shape index (κ2) is 8.67. The first-order chi connectivity index (χ1) is 14.8. The lowest BCUT2D eigenvalue weighted by atomic mass is 10.0. The molecule has 3 aromatic rings. The zero-order valence-corrected chi connectivity index (χ0v) is 17.6. The van der Waals surface area contributed by atoms with Crippen LogP contribution in [0.3, 0.4) is 0 Å². The number of amides is 1. The first-order valence-corrected chi connectivity index (χ1v) is 11.4. The molecule has 2 aliphatic heterocycles. The lowest BCUT2D eigenvalue weighted by Crippen LogP contribution is -2.41. The molecule has 5 rings (SSSR count). The summed E-state index contributed by atoms with van der Waals surface area (Å²) in [6.45, 7) is 4.83. The van der Waals surface area contributed by atoms with Gasteiger partial charge in [-0.1, -0.05) is 12.1 Å². The summed E-state index contributed by atoms with van der Waals surface area (Å²) >= 11 is 1.87. The quantitative estimate of drug-likeness (QED) is 0.638. The molecule has 0 radical (unpaired) electrons. The summed E-state index contributed by atoms with van der Waals surface area (Å²) in [6, 6.07) is 10.4. The van der Waals surface area contributed by atoms with Gasteiger partial charge in [-0.15, -0.1) is 11.8 Å². The number of hydrogen-bond acceptors (Lipinski definition) is 5. The highest BCUT2D eigenvalue weighted by Gasteiger charge is 2.16. The summed E-state index contributed by atoms with van der Waals surface area (Å²) < 4.78 is 7.39. The minimum absolute atomic E-state index is 0.102. The van der Waals surface area contributed by atoms with E-state index in [-0.39, 0.29) is 5.91 Å². The predicted octanol–water partition coefficient (Wildman–Crippen LogP) is 2.89. The van der Waals surface area contributed by atoms with Crippen molar-refractivity contribution in [3.63, 3.8) is 0 Å². The van der Waals surface area contributed by atoms with Gasteiger partial charge in [-0.3, -0.25) is 14.3 Å². The highest BCUT2D eigenvalue weighted by atomic mass is 32.2. The Kier molecular flexibility index (Phi) is 5.61. The molecule has 156 valence electrons. The molecular formula is C22H25N5O2S. The summed E-state index contributed by atoms with van der Waals surface area (Å²) in [7, 11) is 0. The van der Waals surface area contributed by atoms with Gasteiger partial charge in [-0.25, -0.2) is 4.98 Å². The van der Waals surface area contributed by atoms with Crippen LogP contribution in [-0.2, 0) is 4.74 Å². The van der Waals surface area contributed by atoms with Crippen LogP contribution in [0.1, 0.15) is 22.5 Å². The number of benzene rings is 1. The Morgan fingerprint density at radius 3 is 3.00 bits per heavy atom. The lowest BCUT2D eigenvalue weighted by Gasteiger charge is -2.26. The fraction of sp³-hybridized carbons (Fsp3) is 0.364. The Bertz CT molecular complexity index is 1080. The van der Waals surface area contributed by atoms with Gasteiger partial charge in [0.1, 0.15) is 12.0 Å². The van der Waals surface area contributed by atoms with Gasteiger partial charge in [-0.05, 0) is 41.2 Å². The van der Waals surface area contributed by atoms with Gasteiger partial charge in [0.05, 0.1) is 18.7 Å². The summed E-state index contributed by atoms with van der Waals surface area (Å²) in [5.74, 6) is 1.05. The molecule has 1 saturated heterocycles. The van der Waals surface area contributed by atoms with Gasteiger partial charge in [0, 0.05) is 37.6 Å². The molecule has 8 heteroatoms. The van der Waals surface area contributed by atoms with Gasteiger partial charge < -0.3 is 15.0 Å². The Hall–Kier alpha value is -2.55. The molecule has 1 fully saturated rings. The average molecular weight is 424 g/mol. The maximum Gasteiger partial charge on any atom is 0.267 e. The largest absolute Gasteiger partial charge is 0.379 e. The lowest BCUT2D eigenvalue weighted by molar-refractivity contribution is 0.0383. The zero-order chi connectivity index (χ0) is 20.3. The first-order valence-electron chi connectivity index (χ1n) is 10.3. The van der Waals surface area contributed by atoms with E-state index < -0.39 is 0 Å². The molecule has 0 atom stereocenters. The maximum atomic E-state index is 12.6. The number of hydrogen-bond donors (Lipinski definition) is 2. The van der Waals surface area contributed by atoms with Crippen molar-refractivity contribution in [1.82, 2.24) is 24.8 Å². The number of imidazole rings is 1. The van der Waals surface area contributed by atoms with Gasteiger partial charge in [0.2, 0.25) is 0 Å². The van der Waals surface area contributed by atoms with Crippen LogP contribution in [0.15, 0.2) is 42.1 Å². The number of aromatic nitrogens is 3. The molecule has 1 amide bonds. The number of rotatable bonds is 6. The van der Waals surface area contributed by atoms with Crippen molar-refractivity contribution in [3.8, 4) is 5.69 Å². The molecule has 7 nitrogen and oxygen atoms in total. The fourth-order valence-electron chi connectivity index (χ4n) is 3.92. The Morgan fingerprint density at radius 2 is 2.17 bits per heavy atom. The zero-order valence-electron chi connectivity index (χ0n) is 16.8. The molecule has 0 bridgehead atoms. The SMILES string of the molecule is O=C(NCCN1CCOCC1)c1cc2c(ncn2-c2cccc(C3=CSCC3)c2)[nH]1. The van der Waals surface area contributed by atoms with E-state index in [0.29, 0.717) is 12.2 Å². The third-order valence-electron chi connectivity index (χ3n) is 5.61. The van der Waals surface area contributed by atoms with Crippen LogP contribution in [0.4, 0.5) is 0 Å². The van der Waals surface area contributed by atoms with Crippen LogP contribution >= 0.6 is 11.8 Å². The predicted molar refractivity (Wildman–Crippen MR) is 120 cm³/mol. The highest BCUT2D eigenvalue weighted by molar-refractivity contribution is 8.02. The monoisotopic (exact) mass is 423 g/mol. The molecule has 2 N–H and O–H groups in total. The summed E-state index contributed by atoms with van der Waals surface area (Å²) in [4.78, 5) is 22.5. The second-order valence-corrected chi connectivity index (χ2v) is 8.53. The molecule has 4 heterocycles. The molecule has 0 saturated carbocycles. The summed E-state index contributed by atoms with van der Waals surface area (Å²) in [6.07, 6.45) is 2.91. The van der Waals surface area contributed by atoms with Crippen LogP contribution in [0.5, 0.6) is 0 Å². The third kappa shape index (κ3) is 4.03. The smallest absolute Gasteiger partial charge is 0.267 e. The van der Waals surface area contributed by atoms with E-state index in [4.69, 9.17) is 4.74 Å². The van der Waals surface area contributed by atoms with Crippen molar-refractivity contribution in [1.29, 1.82) is 0 Å². The Balaban J connectivity index is 1.30. The average Bonchev–Trinajstić information content (AvgIpc) is 3.52. The van der Waals surface area contributed by atoms with E-state index >= 15 is 0 Å². The van der Waals surface area contributed by atoms with E-state index in [1.54, 1.807) is 6.33 Å². The van der Waals surface area contributed by atoms with Gasteiger partial charge in [-0.2, -0.15) is 0 Å². The standard InChI is InChI=1S/C22H25N5O2S/c28-22(23-5-6-26-7-9-29-10-8-26)19-13-20-21(25-19)24-15-27(20)18-3-1-2-16(12-18)17-4-11-30-14-17/h1-3,12-15,25H,4-11H2,(H,23,28). The molecular weight excluding hydrogens is 398 g/mol. The summed E-state index contributed by atoms with van der Waals surface area (Å²) in [5.41, 5.74) is 5.83. The van der Waals surface area contributed by atoms with E-state index in [2.05, 4.69) is 49.9 Å². The van der Waals surface area contributed by atoms with E-state index in [1.807, 2.05) is 22.4 Å². The molecule has 1 aromatic carbocycles. The number of aromatic amines is 1. The van der Waals surface area contributed by atoms with Crippen molar-refractivity contribution in [3.05, 3.63) is 53.3 Å². The number of fused-ring (bicyclic) bond motifs is 1. The van der Waals surface area contributed by atoms with Crippen molar-refractivity contribution in [2.75, 3.05) is 45.1 Å². The number of nitrogens with zero attached hydrogens (tertiary/aromatic N) is 3. The van der Waals surface area contributed by atoms with E-state index in [9.17, 15) is 4.79 Å². The highest BCUT2D eigenvalue weighted by Crippen LogP contribution is 2.31. The Labute approximate surface area is 179 Å². The van der Waals surface area contributed by atoms with Crippen molar-refractivity contribution in [2.24, 2.45) is 0 Å². The summed E-state index contributed by atoms with van der Waals surface area (Å²) in [5, 5.41) is 5.25. The van der Waals surface area contributed by atoms with Crippen LogP contribution in [-0.4, -0.2) is 70.5 Å². The number of thioether (sulfide) groups is 1. The van der Waals surface area contributed by atoms with Crippen molar-refractivity contribution < 1.29 is 9.53 Å². The van der Waals surface area contributed by atoms with Crippen LogP contribution in [0, 0.1) is 0 Å². The minimum Gasteiger partial charge on any atom is -0.379 e. The number of nitrogens with one attached hydrogen (secondary N) is 2. The molecule has 2 aromatic heterocycles. The van der Waals surface area contributed by atoms with Crippen LogP contribution < -0.4 is 5.32 Å². The second-order valence-electron chi connectivity index (χ2n) is 7.56.